The van der Waals surface area contributed by atoms with Gasteiger partial charge in [-0.05, 0) is 59.1 Å². The Kier molecular flexibility index (Phi) is 6.49. The third-order valence-electron chi connectivity index (χ3n) is 5.74. The molecule has 174 valence electrons. The Morgan fingerprint density at radius 3 is 2.65 bits per heavy atom. The van der Waals surface area contributed by atoms with E-state index in [2.05, 4.69) is 49.5 Å². The van der Waals surface area contributed by atoms with Gasteiger partial charge in [0.1, 0.15) is 36.7 Å². The Balaban J connectivity index is 1.39. The third kappa shape index (κ3) is 5.07. The van der Waals surface area contributed by atoms with Crippen LogP contribution in [0.5, 0.6) is 11.5 Å². The van der Waals surface area contributed by atoms with E-state index in [-0.39, 0.29) is 18.6 Å². The number of fused-ring (bicyclic) bond motifs is 1. The van der Waals surface area contributed by atoms with Crippen LogP contribution in [0.15, 0.2) is 75.8 Å². The minimum atomic E-state index is -0.293. The van der Waals surface area contributed by atoms with Gasteiger partial charge in [-0.1, -0.05) is 24.3 Å². The minimum Gasteiger partial charge on any atom is -0.489 e. The molecule has 5 rings (SSSR count). The van der Waals surface area contributed by atoms with Gasteiger partial charge in [-0.15, -0.1) is 0 Å². The lowest BCUT2D eigenvalue weighted by Crippen LogP contribution is -2.17. The fraction of sp³-hybridized carbons (Fsp3) is 0.231. The highest BCUT2D eigenvalue weighted by Crippen LogP contribution is 2.37. The van der Waals surface area contributed by atoms with Crippen molar-refractivity contribution in [1.82, 2.24) is 4.98 Å². The summed E-state index contributed by atoms with van der Waals surface area (Å²) in [5.41, 5.74) is 4.39. The molecule has 2 aliphatic rings. The highest BCUT2D eigenvalue weighted by Gasteiger charge is 2.24. The van der Waals surface area contributed by atoms with E-state index in [0.717, 1.165) is 45.8 Å². The first-order valence-corrected chi connectivity index (χ1v) is 11.9. The van der Waals surface area contributed by atoms with Crippen LogP contribution in [0.4, 0.5) is 15.9 Å². The Bertz CT molecular complexity index is 1280. The van der Waals surface area contributed by atoms with Crippen LogP contribution in [-0.2, 0) is 6.61 Å². The predicted molar refractivity (Wildman–Crippen MR) is 135 cm³/mol. The van der Waals surface area contributed by atoms with Crippen LogP contribution in [0.2, 0.25) is 0 Å². The summed E-state index contributed by atoms with van der Waals surface area (Å²) in [6.07, 6.45) is 4.67. The molecule has 2 N–H and O–H groups in total. The molecule has 34 heavy (non-hydrogen) atoms. The molecule has 0 saturated heterocycles. The minimum absolute atomic E-state index is 0.115. The van der Waals surface area contributed by atoms with Crippen LogP contribution in [0, 0.1) is 5.82 Å². The zero-order valence-electron chi connectivity index (χ0n) is 18.6. The molecule has 0 radical (unpaired) electrons. The highest BCUT2D eigenvalue weighted by atomic mass is 79.9. The Labute approximate surface area is 206 Å². The molecule has 0 bridgehead atoms. The normalized spacial score (nSPS) is 16.6. The summed E-state index contributed by atoms with van der Waals surface area (Å²) in [6, 6.07) is 14.3. The van der Waals surface area contributed by atoms with Gasteiger partial charge in [0, 0.05) is 34.4 Å². The van der Waals surface area contributed by atoms with Gasteiger partial charge in [-0.3, -0.25) is 4.99 Å². The van der Waals surface area contributed by atoms with Gasteiger partial charge in [0.2, 0.25) is 0 Å². The van der Waals surface area contributed by atoms with E-state index in [9.17, 15) is 4.39 Å². The summed E-state index contributed by atoms with van der Waals surface area (Å²) in [4.78, 5) is 9.01. The molecule has 0 spiro atoms. The summed E-state index contributed by atoms with van der Waals surface area (Å²) in [7, 11) is 0. The van der Waals surface area contributed by atoms with E-state index in [0.29, 0.717) is 23.7 Å². The van der Waals surface area contributed by atoms with Gasteiger partial charge in [-0.25, -0.2) is 9.37 Å². The van der Waals surface area contributed by atoms with Crippen LogP contribution in [-0.4, -0.2) is 23.8 Å². The SMILES string of the molecule is CC1=CCCN=C1COc1cc(OCc2ccccc2F)cc(C2Nc3cc(Br)cnc3N2)c1. The lowest BCUT2D eigenvalue weighted by Gasteiger charge is -2.18. The monoisotopic (exact) mass is 522 g/mol. The van der Waals surface area contributed by atoms with Crippen LogP contribution >= 0.6 is 15.9 Å². The smallest absolute Gasteiger partial charge is 0.151 e. The molecule has 6 nitrogen and oxygen atoms in total. The van der Waals surface area contributed by atoms with Crippen molar-refractivity contribution >= 4 is 33.1 Å². The van der Waals surface area contributed by atoms with Crippen LogP contribution in [0.1, 0.15) is 30.6 Å². The van der Waals surface area contributed by atoms with Gasteiger partial charge in [-0.2, -0.15) is 0 Å². The highest BCUT2D eigenvalue weighted by molar-refractivity contribution is 9.10. The van der Waals surface area contributed by atoms with Crippen LogP contribution in [0.3, 0.4) is 0 Å². The molecule has 0 amide bonds. The van der Waals surface area contributed by atoms with Crippen LogP contribution < -0.4 is 20.1 Å². The van der Waals surface area contributed by atoms with Gasteiger partial charge in [0.25, 0.3) is 0 Å². The zero-order chi connectivity index (χ0) is 23.5. The number of nitrogens with one attached hydrogen (secondary N) is 2. The number of aliphatic imine (C=N–C) groups is 1. The maximum atomic E-state index is 14.1. The molecule has 1 unspecified atom stereocenters. The number of ether oxygens (including phenoxy) is 2. The molecule has 3 aromatic rings. The van der Waals surface area contributed by atoms with Gasteiger partial charge in [0.05, 0.1) is 11.4 Å². The maximum Gasteiger partial charge on any atom is 0.151 e. The summed E-state index contributed by atoms with van der Waals surface area (Å²) in [5.74, 6) is 1.71. The second-order valence-electron chi connectivity index (χ2n) is 8.18. The number of rotatable bonds is 7. The average molecular weight is 523 g/mol. The van der Waals surface area contributed by atoms with Crippen molar-refractivity contribution in [2.45, 2.75) is 26.1 Å². The Morgan fingerprint density at radius 2 is 1.85 bits per heavy atom. The van der Waals surface area contributed by atoms with Crippen LogP contribution in [0.25, 0.3) is 0 Å². The molecule has 1 atom stereocenters. The molecule has 2 aliphatic heterocycles. The second-order valence-corrected chi connectivity index (χ2v) is 9.10. The molecule has 8 heteroatoms. The number of hydrogen-bond acceptors (Lipinski definition) is 6. The molecule has 2 aromatic carbocycles. The number of nitrogens with zero attached hydrogens (tertiary/aromatic N) is 2. The summed E-state index contributed by atoms with van der Waals surface area (Å²) in [5, 5.41) is 6.81. The quantitative estimate of drug-likeness (QED) is 0.382. The third-order valence-corrected chi connectivity index (χ3v) is 6.17. The van der Waals surface area contributed by atoms with Crippen molar-refractivity contribution in [3.63, 3.8) is 0 Å². The molecular weight excluding hydrogens is 499 g/mol. The van der Waals surface area contributed by atoms with Crippen molar-refractivity contribution in [3.8, 4) is 11.5 Å². The van der Waals surface area contributed by atoms with Gasteiger partial charge in [0.15, 0.2) is 5.82 Å². The van der Waals surface area contributed by atoms with E-state index in [1.807, 2.05) is 24.3 Å². The summed E-state index contributed by atoms with van der Waals surface area (Å²) < 4.78 is 27.1. The number of anilines is 2. The molecule has 3 heterocycles. The predicted octanol–water partition coefficient (Wildman–Crippen LogP) is 6.27. The van der Waals surface area contributed by atoms with Crippen molar-refractivity contribution in [2.75, 3.05) is 23.8 Å². The molecule has 0 saturated carbocycles. The molecule has 0 aliphatic carbocycles. The summed E-state index contributed by atoms with van der Waals surface area (Å²) >= 11 is 3.46. The number of halogens is 2. The Morgan fingerprint density at radius 1 is 1.06 bits per heavy atom. The van der Waals surface area contributed by atoms with E-state index >= 15 is 0 Å². The molecule has 0 fully saturated rings. The number of pyridine rings is 1. The fourth-order valence-corrected chi connectivity index (χ4v) is 4.23. The van der Waals surface area contributed by atoms with Crippen molar-refractivity contribution in [2.24, 2.45) is 4.99 Å². The Hall–Kier alpha value is -3.39. The van der Waals surface area contributed by atoms with Gasteiger partial charge >= 0.3 is 0 Å². The lowest BCUT2D eigenvalue weighted by molar-refractivity contribution is 0.296. The summed E-state index contributed by atoms with van der Waals surface area (Å²) in [6.45, 7) is 3.32. The van der Waals surface area contributed by atoms with Gasteiger partial charge < -0.3 is 20.1 Å². The maximum absolute atomic E-state index is 14.1. The van der Waals surface area contributed by atoms with Crippen molar-refractivity contribution in [1.29, 1.82) is 0 Å². The van der Waals surface area contributed by atoms with E-state index in [1.165, 1.54) is 6.07 Å². The number of benzene rings is 2. The standard InChI is InChI=1S/C26H24BrFN4O2/c1-16-5-4-8-29-24(16)15-34-21-10-18(25-31-23-11-19(27)13-30-26(23)32-25)9-20(12-21)33-14-17-6-2-3-7-22(17)28/h2-3,5-7,9-13,25,31H,4,8,14-15H2,1H3,(H,30,32). The number of hydrogen-bond donors (Lipinski definition) is 2. The molecular formula is C26H24BrFN4O2. The van der Waals surface area contributed by atoms with Crippen molar-refractivity contribution < 1.29 is 13.9 Å². The second kappa shape index (κ2) is 9.85. The van der Waals surface area contributed by atoms with E-state index in [4.69, 9.17) is 9.47 Å². The zero-order valence-corrected chi connectivity index (χ0v) is 20.2. The topological polar surface area (TPSA) is 67.8 Å². The first kappa shape index (κ1) is 22.4. The molecule has 1 aromatic heterocycles. The number of aromatic nitrogens is 1. The lowest BCUT2D eigenvalue weighted by atomic mass is 10.1. The average Bonchev–Trinajstić information content (AvgIpc) is 3.26. The fourth-order valence-electron chi connectivity index (χ4n) is 3.90. The largest absolute Gasteiger partial charge is 0.489 e. The number of dihydropyridines is 1. The first-order chi connectivity index (χ1) is 16.5. The van der Waals surface area contributed by atoms with Crippen molar-refractivity contribution in [3.05, 3.63) is 87.8 Å². The first-order valence-electron chi connectivity index (χ1n) is 11.1. The van der Waals surface area contributed by atoms with E-state index < -0.39 is 0 Å². The van der Waals surface area contributed by atoms with E-state index in [1.54, 1.807) is 24.4 Å².